The fourth-order valence-electron chi connectivity index (χ4n) is 1.77. The maximum Gasteiger partial charge on any atom is 0.416 e. The number of aryl methyl sites for hydroxylation is 1. The summed E-state index contributed by atoms with van der Waals surface area (Å²) in [5, 5.41) is 4.72. The number of carbonyl (C=O) groups is 1. The second-order valence-electron chi connectivity index (χ2n) is 4.81. The molecule has 0 aromatic heterocycles. The minimum absolute atomic E-state index is 0.0488. The Kier molecular flexibility index (Phi) is 5.10. The standard InChI is InChI=1S/C16H15F3N2O2/c1-11-5-7-14(8-6-11)23-10-20-15(22)21-13-4-2-3-12(9-13)16(17,18)19/h2-9H,10H2,1H3,(H2,20,21,22). The van der Waals surface area contributed by atoms with Gasteiger partial charge in [0.15, 0.2) is 6.73 Å². The van der Waals surface area contributed by atoms with Crippen molar-refractivity contribution >= 4 is 11.7 Å². The number of anilines is 1. The summed E-state index contributed by atoms with van der Waals surface area (Å²) in [5.41, 5.74) is 0.298. The average Bonchev–Trinajstić information content (AvgIpc) is 2.49. The lowest BCUT2D eigenvalue weighted by Crippen LogP contribution is -2.32. The zero-order chi connectivity index (χ0) is 16.9. The van der Waals surface area contributed by atoms with Crippen molar-refractivity contribution in [1.82, 2.24) is 5.32 Å². The Bertz CT molecular complexity index is 670. The number of halogens is 3. The van der Waals surface area contributed by atoms with Gasteiger partial charge in [0.05, 0.1) is 5.56 Å². The molecule has 0 radical (unpaired) electrons. The van der Waals surface area contributed by atoms with Gasteiger partial charge in [-0.15, -0.1) is 0 Å². The molecule has 0 fully saturated rings. The van der Waals surface area contributed by atoms with Crippen LogP contribution in [0.2, 0.25) is 0 Å². The van der Waals surface area contributed by atoms with Crippen molar-refractivity contribution < 1.29 is 22.7 Å². The van der Waals surface area contributed by atoms with Gasteiger partial charge in [0.1, 0.15) is 5.75 Å². The van der Waals surface area contributed by atoms with E-state index in [1.165, 1.54) is 12.1 Å². The summed E-state index contributed by atoms with van der Waals surface area (Å²) < 4.78 is 43.0. The number of ether oxygens (including phenoxy) is 1. The normalized spacial score (nSPS) is 11.0. The molecule has 0 unspecified atom stereocenters. The lowest BCUT2D eigenvalue weighted by atomic mass is 10.2. The van der Waals surface area contributed by atoms with Gasteiger partial charge in [0, 0.05) is 5.69 Å². The molecule has 122 valence electrons. The maximum atomic E-state index is 12.6. The van der Waals surface area contributed by atoms with Crippen LogP contribution in [-0.4, -0.2) is 12.8 Å². The quantitative estimate of drug-likeness (QED) is 0.829. The van der Waals surface area contributed by atoms with Crippen LogP contribution in [0.3, 0.4) is 0 Å². The minimum Gasteiger partial charge on any atom is -0.473 e. The molecule has 0 heterocycles. The molecule has 23 heavy (non-hydrogen) atoms. The predicted octanol–water partition coefficient (Wildman–Crippen LogP) is 4.17. The van der Waals surface area contributed by atoms with Crippen LogP contribution in [0.5, 0.6) is 5.75 Å². The predicted molar refractivity (Wildman–Crippen MR) is 80.3 cm³/mol. The minimum atomic E-state index is -4.46. The Balaban J connectivity index is 1.84. The topological polar surface area (TPSA) is 50.4 Å². The Hall–Kier alpha value is -2.70. The molecule has 0 aliphatic rings. The molecule has 7 heteroatoms. The summed E-state index contributed by atoms with van der Waals surface area (Å²) >= 11 is 0. The van der Waals surface area contributed by atoms with Gasteiger partial charge in [-0.1, -0.05) is 23.8 Å². The number of benzene rings is 2. The highest BCUT2D eigenvalue weighted by Crippen LogP contribution is 2.30. The molecule has 0 spiro atoms. The van der Waals surface area contributed by atoms with Crippen molar-refractivity contribution in [3.63, 3.8) is 0 Å². The Labute approximate surface area is 131 Å². The second kappa shape index (κ2) is 7.04. The van der Waals surface area contributed by atoms with Gasteiger partial charge in [-0.3, -0.25) is 0 Å². The average molecular weight is 324 g/mol. The van der Waals surface area contributed by atoms with Gasteiger partial charge in [-0.2, -0.15) is 13.2 Å². The molecule has 0 atom stereocenters. The van der Waals surface area contributed by atoms with E-state index in [1.54, 1.807) is 12.1 Å². The summed E-state index contributed by atoms with van der Waals surface area (Å²) in [5.74, 6) is 0.579. The van der Waals surface area contributed by atoms with Gasteiger partial charge in [0.25, 0.3) is 0 Å². The highest BCUT2D eigenvalue weighted by Gasteiger charge is 2.30. The van der Waals surface area contributed by atoms with E-state index >= 15 is 0 Å². The highest BCUT2D eigenvalue weighted by atomic mass is 19.4. The van der Waals surface area contributed by atoms with Crippen LogP contribution in [0.25, 0.3) is 0 Å². The van der Waals surface area contributed by atoms with E-state index in [4.69, 9.17) is 4.74 Å². The number of hydrogen-bond donors (Lipinski definition) is 2. The first-order valence-electron chi connectivity index (χ1n) is 6.76. The number of carbonyl (C=O) groups excluding carboxylic acids is 1. The second-order valence-corrected chi connectivity index (χ2v) is 4.81. The van der Waals surface area contributed by atoms with Crippen molar-refractivity contribution in [2.75, 3.05) is 12.0 Å². The van der Waals surface area contributed by atoms with E-state index in [0.717, 1.165) is 17.7 Å². The summed E-state index contributed by atoms with van der Waals surface area (Å²) in [6.45, 7) is 1.83. The monoisotopic (exact) mass is 324 g/mol. The summed E-state index contributed by atoms with van der Waals surface area (Å²) in [6, 6.07) is 11.0. The fraction of sp³-hybridized carbons (Fsp3) is 0.188. The first kappa shape index (κ1) is 16.7. The summed E-state index contributed by atoms with van der Waals surface area (Å²) in [4.78, 5) is 11.6. The fourth-order valence-corrected chi connectivity index (χ4v) is 1.77. The lowest BCUT2D eigenvalue weighted by Gasteiger charge is -2.11. The number of nitrogens with one attached hydrogen (secondary N) is 2. The van der Waals surface area contributed by atoms with Crippen molar-refractivity contribution in [3.8, 4) is 5.75 Å². The molecule has 2 rings (SSSR count). The van der Waals surface area contributed by atoms with Crippen LogP contribution in [0, 0.1) is 6.92 Å². The molecule has 4 nitrogen and oxygen atoms in total. The van der Waals surface area contributed by atoms with Gasteiger partial charge >= 0.3 is 12.2 Å². The molecule has 0 saturated heterocycles. The third-order valence-electron chi connectivity index (χ3n) is 2.94. The number of hydrogen-bond acceptors (Lipinski definition) is 2. The van der Waals surface area contributed by atoms with Crippen LogP contribution in [0.15, 0.2) is 48.5 Å². The van der Waals surface area contributed by atoms with Gasteiger partial charge < -0.3 is 15.4 Å². The number of rotatable bonds is 4. The van der Waals surface area contributed by atoms with Crippen LogP contribution >= 0.6 is 0 Å². The zero-order valence-electron chi connectivity index (χ0n) is 12.3. The first-order chi connectivity index (χ1) is 10.8. The van der Waals surface area contributed by atoms with Crippen molar-refractivity contribution in [2.45, 2.75) is 13.1 Å². The molecule has 2 amide bonds. The number of amides is 2. The highest BCUT2D eigenvalue weighted by molar-refractivity contribution is 5.89. The van der Waals surface area contributed by atoms with E-state index < -0.39 is 17.8 Å². The van der Waals surface area contributed by atoms with Crippen molar-refractivity contribution in [3.05, 3.63) is 59.7 Å². The van der Waals surface area contributed by atoms with Gasteiger partial charge in [0.2, 0.25) is 0 Å². The van der Waals surface area contributed by atoms with E-state index in [0.29, 0.717) is 5.75 Å². The molecular formula is C16H15F3N2O2. The zero-order valence-corrected chi connectivity index (χ0v) is 12.3. The van der Waals surface area contributed by atoms with Gasteiger partial charge in [-0.25, -0.2) is 4.79 Å². The molecule has 2 aromatic carbocycles. The summed E-state index contributed by atoms with van der Waals surface area (Å²) in [7, 11) is 0. The third kappa shape index (κ3) is 5.21. The molecule has 2 N–H and O–H groups in total. The molecule has 0 aliphatic carbocycles. The molecule has 0 aliphatic heterocycles. The third-order valence-corrected chi connectivity index (χ3v) is 2.94. The molecule has 2 aromatic rings. The SMILES string of the molecule is Cc1ccc(OCNC(=O)Nc2cccc(C(F)(F)F)c2)cc1. The number of urea groups is 1. The maximum absolute atomic E-state index is 12.6. The lowest BCUT2D eigenvalue weighted by molar-refractivity contribution is -0.137. The van der Waals surface area contributed by atoms with Crippen LogP contribution in [-0.2, 0) is 6.18 Å². The van der Waals surface area contributed by atoms with E-state index in [-0.39, 0.29) is 12.4 Å². The first-order valence-corrected chi connectivity index (χ1v) is 6.76. The molecular weight excluding hydrogens is 309 g/mol. The van der Waals surface area contributed by atoms with Crippen molar-refractivity contribution in [2.24, 2.45) is 0 Å². The van der Waals surface area contributed by atoms with Crippen molar-refractivity contribution in [1.29, 1.82) is 0 Å². The largest absolute Gasteiger partial charge is 0.473 e. The molecule has 0 bridgehead atoms. The Morgan fingerprint density at radius 1 is 1.13 bits per heavy atom. The Morgan fingerprint density at radius 2 is 1.83 bits per heavy atom. The number of alkyl halides is 3. The smallest absolute Gasteiger partial charge is 0.416 e. The van der Waals surface area contributed by atoms with Crippen LogP contribution in [0.1, 0.15) is 11.1 Å². The van der Waals surface area contributed by atoms with E-state index in [9.17, 15) is 18.0 Å². The Morgan fingerprint density at radius 3 is 2.48 bits per heavy atom. The molecule has 0 saturated carbocycles. The van der Waals surface area contributed by atoms with Crippen LogP contribution in [0.4, 0.5) is 23.7 Å². The van der Waals surface area contributed by atoms with Gasteiger partial charge in [-0.05, 0) is 37.3 Å². The van der Waals surface area contributed by atoms with E-state index in [2.05, 4.69) is 10.6 Å². The van der Waals surface area contributed by atoms with E-state index in [1.807, 2.05) is 19.1 Å². The van der Waals surface area contributed by atoms with Crippen LogP contribution < -0.4 is 15.4 Å². The summed E-state index contributed by atoms with van der Waals surface area (Å²) in [6.07, 6.45) is -4.46.